The third-order valence-corrected chi connectivity index (χ3v) is 2.59. The number of nitrogens with zero attached hydrogens (tertiary/aromatic N) is 1. The van der Waals surface area contributed by atoms with Gasteiger partial charge in [0.15, 0.2) is 0 Å². The van der Waals surface area contributed by atoms with Crippen molar-refractivity contribution < 1.29 is 13.6 Å². The number of amides is 1. The van der Waals surface area contributed by atoms with Crippen LogP contribution in [0.2, 0.25) is 5.15 Å². The zero-order valence-corrected chi connectivity index (χ0v) is 10.1. The molecule has 0 saturated carbocycles. The van der Waals surface area contributed by atoms with Gasteiger partial charge in [-0.15, -0.1) is 0 Å². The van der Waals surface area contributed by atoms with Gasteiger partial charge in [0, 0.05) is 13.0 Å². The lowest BCUT2D eigenvalue weighted by Crippen LogP contribution is -2.26. The van der Waals surface area contributed by atoms with E-state index in [-0.39, 0.29) is 10.7 Å². The van der Waals surface area contributed by atoms with Crippen LogP contribution in [0.25, 0.3) is 0 Å². The van der Waals surface area contributed by atoms with Crippen LogP contribution in [0.15, 0.2) is 35.1 Å². The van der Waals surface area contributed by atoms with Crippen LogP contribution in [0.1, 0.15) is 16.1 Å². The number of pyridine rings is 1. The summed E-state index contributed by atoms with van der Waals surface area (Å²) in [6.07, 6.45) is 3.07. The number of carbonyl (C=O) groups is 1. The minimum atomic E-state index is -0.601. The average Bonchev–Trinajstić information content (AvgIpc) is 2.85. The molecule has 0 saturated heterocycles. The van der Waals surface area contributed by atoms with Crippen molar-refractivity contribution in [1.82, 2.24) is 10.3 Å². The molecule has 6 heteroatoms. The standard InChI is InChI=1S/C12H10ClFN2O2/c13-11-10(6-8(14)7-16-11)12(17)15-4-3-9-2-1-5-18-9/h1-2,5-7H,3-4H2,(H,15,17). The van der Waals surface area contributed by atoms with Crippen molar-refractivity contribution >= 4 is 17.5 Å². The fraction of sp³-hybridized carbons (Fsp3) is 0.167. The van der Waals surface area contributed by atoms with E-state index in [1.807, 2.05) is 6.07 Å². The second-order valence-corrected chi connectivity index (χ2v) is 3.94. The molecule has 0 bridgehead atoms. The molecule has 4 nitrogen and oxygen atoms in total. The van der Waals surface area contributed by atoms with Gasteiger partial charge in [0.2, 0.25) is 0 Å². The summed E-state index contributed by atoms with van der Waals surface area (Å²) in [7, 11) is 0. The molecule has 0 aliphatic heterocycles. The molecular formula is C12H10ClFN2O2. The van der Waals surface area contributed by atoms with Gasteiger partial charge in [0.1, 0.15) is 16.7 Å². The Hall–Kier alpha value is -1.88. The molecule has 0 aromatic carbocycles. The molecule has 0 radical (unpaired) electrons. The maximum absolute atomic E-state index is 12.9. The maximum atomic E-state index is 12.9. The van der Waals surface area contributed by atoms with E-state index in [2.05, 4.69) is 10.3 Å². The van der Waals surface area contributed by atoms with Crippen molar-refractivity contribution in [2.24, 2.45) is 0 Å². The van der Waals surface area contributed by atoms with E-state index in [1.165, 1.54) is 0 Å². The average molecular weight is 269 g/mol. The van der Waals surface area contributed by atoms with Crippen molar-refractivity contribution in [2.45, 2.75) is 6.42 Å². The lowest BCUT2D eigenvalue weighted by molar-refractivity contribution is 0.0953. The highest BCUT2D eigenvalue weighted by molar-refractivity contribution is 6.32. The first-order valence-corrected chi connectivity index (χ1v) is 5.66. The number of carbonyl (C=O) groups excluding carboxylic acids is 1. The van der Waals surface area contributed by atoms with Crippen LogP contribution < -0.4 is 5.32 Å². The van der Waals surface area contributed by atoms with Crippen LogP contribution in [0, 0.1) is 5.82 Å². The van der Waals surface area contributed by atoms with Gasteiger partial charge in [-0.25, -0.2) is 9.37 Å². The van der Waals surface area contributed by atoms with Crippen LogP contribution in [-0.2, 0) is 6.42 Å². The molecule has 0 unspecified atom stereocenters. The summed E-state index contributed by atoms with van der Waals surface area (Å²) in [5, 5.41) is 2.59. The minimum absolute atomic E-state index is 0.0214. The quantitative estimate of drug-likeness (QED) is 0.867. The SMILES string of the molecule is O=C(NCCc1ccco1)c1cc(F)cnc1Cl. The second-order valence-electron chi connectivity index (χ2n) is 3.58. The Labute approximate surface area is 108 Å². The Kier molecular flexibility index (Phi) is 3.94. The van der Waals surface area contributed by atoms with Crippen LogP contribution in [-0.4, -0.2) is 17.4 Å². The molecule has 2 aromatic rings. The lowest BCUT2D eigenvalue weighted by atomic mass is 10.2. The fourth-order valence-corrected chi connectivity index (χ4v) is 1.62. The van der Waals surface area contributed by atoms with E-state index in [1.54, 1.807) is 12.3 Å². The monoisotopic (exact) mass is 268 g/mol. The summed E-state index contributed by atoms with van der Waals surface area (Å²) in [6, 6.07) is 4.63. The largest absolute Gasteiger partial charge is 0.469 e. The third kappa shape index (κ3) is 3.07. The van der Waals surface area contributed by atoms with E-state index >= 15 is 0 Å². The smallest absolute Gasteiger partial charge is 0.254 e. The molecule has 2 aromatic heterocycles. The van der Waals surface area contributed by atoms with Gasteiger partial charge in [-0.3, -0.25) is 4.79 Å². The molecule has 0 atom stereocenters. The number of halogens is 2. The Balaban J connectivity index is 1.93. The number of furan rings is 1. The number of hydrogen-bond acceptors (Lipinski definition) is 3. The molecule has 2 heterocycles. The van der Waals surface area contributed by atoms with E-state index in [9.17, 15) is 9.18 Å². The van der Waals surface area contributed by atoms with Gasteiger partial charge in [0.25, 0.3) is 5.91 Å². The Morgan fingerprint density at radius 1 is 1.56 bits per heavy atom. The van der Waals surface area contributed by atoms with Crippen LogP contribution in [0.3, 0.4) is 0 Å². The van der Waals surface area contributed by atoms with Gasteiger partial charge in [-0.2, -0.15) is 0 Å². The van der Waals surface area contributed by atoms with E-state index in [0.717, 1.165) is 18.0 Å². The van der Waals surface area contributed by atoms with Crippen molar-refractivity contribution in [2.75, 3.05) is 6.54 Å². The van der Waals surface area contributed by atoms with Gasteiger partial charge < -0.3 is 9.73 Å². The fourth-order valence-electron chi connectivity index (χ4n) is 1.43. The van der Waals surface area contributed by atoms with Crippen LogP contribution in [0.4, 0.5) is 4.39 Å². The molecule has 0 aliphatic carbocycles. The van der Waals surface area contributed by atoms with Crippen molar-refractivity contribution in [3.63, 3.8) is 0 Å². The van der Waals surface area contributed by atoms with Gasteiger partial charge in [-0.05, 0) is 18.2 Å². The Morgan fingerprint density at radius 3 is 3.11 bits per heavy atom. The van der Waals surface area contributed by atoms with E-state index in [0.29, 0.717) is 13.0 Å². The van der Waals surface area contributed by atoms with E-state index in [4.69, 9.17) is 16.0 Å². The topological polar surface area (TPSA) is 55.1 Å². The summed E-state index contributed by atoms with van der Waals surface area (Å²) >= 11 is 5.71. The molecule has 2 rings (SSSR count). The molecule has 0 aliphatic rings. The van der Waals surface area contributed by atoms with Crippen LogP contribution >= 0.6 is 11.6 Å². The Morgan fingerprint density at radius 2 is 2.39 bits per heavy atom. The zero-order valence-electron chi connectivity index (χ0n) is 9.32. The highest BCUT2D eigenvalue weighted by Crippen LogP contribution is 2.13. The summed E-state index contributed by atoms with van der Waals surface area (Å²) in [5.41, 5.74) is 0.0242. The molecule has 1 N–H and O–H groups in total. The summed E-state index contributed by atoms with van der Waals surface area (Å²) < 4.78 is 18.1. The summed E-state index contributed by atoms with van der Waals surface area (Å²) in [6.45, 7) is 0.374. The molecule has 0 fully saturated rings. The highest BCUT2D eigenvalue weighted by atomic mass is 35.5. The number of aromatic nitrogens is 1. The highest BCUT2D eigenvalue weighted by Gasteiger charge is 2.12. The first kappa shape index (κ1) is 12.6. The first-order chi connectivity index (χ1) is 8.66. The minimum Gasteiger partial charge on any atom is -0.469 e. The first-order valence-electron chi connectivity index (χ1n) is 5.28. The third-order valence-electron chi connectivity index (χ3n) is 2.29. The van der Waals surface area contributed by atoms with Gasteiger partial charge >= 0.3 is 0 Å². The zero-order chi connectivity index (χ0) is 13.0. The number of nitrogens with one attached hydrogen (secondary N) is 1. The van der Waals surface area contributed by atoms with Gasteiger partial charge in [0.05, 0.1) is 18.0 Å². The second kappa shape index (κ2) is 5.64. The predicted octanol–water partition coefficient (Wildman–Crippen LogP) is 2.44. The van der Waals surface area contributed by atoms with Crippen molar-refractivity contribution in [3.8, 4) is 0 Å². The number of hydrogen-bond donors (Lipinski definition) is 1. The normalized spacial score (nSPS) is 10.3. The predicted molar refractivity (Wildman–Crippen MR) is 64.0 cm³/mol. The lowest BCUT2D eigenvalue weighted by Gasteiger charge is -2.05. The molecule has 1 amide bonds. The summed E-state index contributed by atoms with van der Waals surface area (Å²) in [4.78, 5) is 15.3. The molecule has 18 heavy (non-hydrogen) atoms. The van der Waals surface area contributed by atoms with Gasteiger partial charge in [-0.1, -0.05) is 11.6 Å². The van der Waals surface area contributed by atoms with Crippen molar-refractivity contribution in [3.05, 3.63) is 53.0 Å². The van der Waals surface area contributed by atoms with Crippen molar-refractivity contribution in [1.29, 1.82) is 0 Å². The summed E-state index contributed by atoms with van der Waals surface area (Å²) in [5.74, 6) is -0.298. The van der Waals surface area contributed by atoms with E-state index < -0.39 is 11.7 Å². The van der Waals surface area contributed by atoms with Crippen LogP contribution in [0.5, 0.6) is 0 Å². The maximum Gasteiger partial charge on any atom is 0.254 e. The number of rotatable bonds is 4. The molecule has 94 valence electrons. The molecular weight excluding hydrogens is 259 g/mol. The Bertz CT molecular complexity index is 543. The molecule has 0 spiro atoms.